The van der Waals surface area contributed by atoms with Crippen molar-refractivity contribution in [1.82, 2.24) is 5.32 Å². The lowest BCUT2D eigenvalue weighted by molar-refractivity contribution is 0.541. The second-order valence-electron chi connectivity index (χ2n) is 4.92. The first-order chi connectivity index (χ1) is 9.97. The van der Waals surface area contributed by atoms with Crippen LogP contribution < -0.4 is 5.32 Å². The highest BCUT2D eigenvalue weighted by molar-refractivity contribution is 6.30. The standard InChI is InChI=1S/C16H15ClF3N/c1-21-14(6-10-2-3-15(17)16(20)8-10)7-11-4-12(18)9-13(19)5-11/h2-5,8-9,14,21H,6-7H2,1H3. The van der Waals surface area contributed by atoms with E-state index in [0.717, 1.165) is 11.6 Å². The summed E-state index contributed by atoms with van der Waals surface area (Å²) in [5.41, 5.74) is 1.33. The zero-order chi connectivity index (χ0) is 15.4. The fraction of sp³-hybridized carbons (Fsp3) is 0.250. The predicted octanol–water partition coefficient (Wildman–Crippen LogP) is 4.13. The van der Waals surface area contributed by atoms with Crippen molar-refractivity contribution < 1.29 is 13.2 Å². The predicted molar refractivity (Wildman–Crippen MR) is 78.0 cm³/mol. The summed E-state index contributed by atoms with van der Waals surface area (Å²) in [5.74, 6) is -1.67. The number of nitrogens with one attached hydrogen (secondary N) is 1. The third-order valence-electron chi connectivity index (χ3n) is 3.28. The number of likely N-dealkylation sites (N-methyl/N-ethyl adjacent to an activating group) is 1. The SMILES string of the molecule is CNC(Cc1cc(F)cc(F)c1)Cc1ccc(Cl)c(F)c1. The number of rotatable bonds is 5. The maximum Gasteiger partial charge on any atom is 0.142 e. The third kappa shape index (κ3) is 4.48. The minimum atomic E-state index is -0.600. The van der Waals surface area contributed by atoms with Gasteiger partial charge in [-0.15, -0.1) is 0 Å². The van der Waals surface area contributed by atoms with Crippen LogP contribution in [0.4, 0.5) is 13.2 Å². The van der Waals surface area contributed by atoms with Gasteiger partial charge in [0, 0.05) is 12.1 Å². The number of hydrogen-bond acceptors (Lipinski definition) is 1. The molecular formula is C16H15ClF3N. The van der Waals surface area contributed by atoms with Crippen LogP contribution >= 0.6 is 11.6 Å². The highest BCUT2D eigenvalue weighted by Crippen LogP contribution is 2.18. The van der Waals surface area contributed by atoms with E-state index in [1.165, 1.54) is 24.3 Å². The fourth-order valence-electron chi connectivity index (χ4n) is 2.24. The van der Waals surface area contributed by atoms with Crippen LogP contribution in [0.25, 0.3) is 0 Å². The maximum atomic E-state index is 13.4. The summed E-state index contributed by atoms with van der Waals surface area (Å²) in [6.07, 6.45) is 0.970. The summed E-state index contributed by atoms with van der Waals surface area (Å²) in [6, 6.07) is 7.99. The minimum absolute atomic E-state index is 0.0632. The largest absolute Gasteiger partial charge is 0.316 e. The molecular weight excluding hydrogens is 299 g/mol. The van der Waals surface area contributed by atoms with Crippen molar-refractivity contribution in [2.45, 2.75) is 18.9 Å². The van der Waals surface area contributed by atoms with Crippen LogP contribution in [-0.4, -0.2) is 13.1 Å². The summed E-state index contributed by atoms with van der Waals surface area (Å²) in [5, 5.41) is 3.15. The lowest BCUT2D eigenvalue weighted by Crippen LogP contribution is -2.30. The van der Waals surface area contributed by atoms with E-state index in [4.69, 9.17) is 11.6 Å². The van der Waals surface area contributed by atoms with Gasteiger partial charge >= 0.3 is 0 Å². The zero-order valence-corrected chi connectivity index (χ0v) is 12.2. The van der Waals surface area contributed by atoms with Gasteiger partial charge in [-0.25, -0.2) is 13.2 Å². The maximum absolute atomic E-state index is 13.4. The molecule has 2 aromatic carbocycles. The van der Waals surface area contributed by atoms with E-state index in [-0.39, 0.29) is 11.1 Å². The summed E-state index contributed by atoms with van der Waals surface area (Å²) < 4.78 is 39.8. The Hall–Kier alpha value is -1.52. The molecule has 0 bridgehead atoms. The van der Waals surface area contributed by atoms with Gasteiger partial charge in [-0.3, -0.25) is 0 Å². The van der Waals surface area contributed by atoms with Crippen molar-refractivity contribution in [3.63, 3.8) is 0 Å². The van der Waals surface area contributed by atoms with Crippen molar-refractivity contribution in [1.29, 1.82) is 0 Å². The molecule has 112 valence electrons. The fourth-order valence-corrected chi connectivity index (χ4v) is 2.36. The quantitative estimate of drug-likeness (QED) is 0.875. The molecule has 2 aromatic rings. The molecule has 0 aliphatic heterocycles. The Labute approximate surface area is 126 Å². The summed E-state index contributed by atoms with van der Waals surface area (Å²) in [7, 11) is 1.76. The van der Waals surface area contributed by atoms with E-state index >= 15 is 0 Å². The number of hydrogen-bond donors (Lipinski definition) is 1. The first-order valence-electron chi connectivity index (χ1n) is 6.54. The molecule has 21 heavy (non-hydrogen) atoms. The molecule has 0 amide bonds. The molecule has 0 aromatic heterocycles. The smallest absolute Gasteiger partial charge is 0.142 e. The minimum Gasteiger partial charge on any atom is -0.316 e. The molecule has 0 radical (unpaired) electrons. The molecule has 0 fully saturated rings. The number of benzene rings is 2. The molecule has 1 atom stereocenters. The van der Waals surface area contributed by atoms with Crippen molar-refractivity contribution in [2.24, 2.45) is 0 Å². The van der Waals surface area contributed by atoms with Crippen LogP contribution in [-0.2, 0) is 12.8 Å². The first-order valence-corrected chi connectivity index (χ1v) is 6.92. The molecule has 0 aliphatic rings. The molecule has 0 saturated carbocycles. The summed E-state index contributed by atoms with van der Waals surface area (Å²) >= 11 is 5.64. The Morgan fingerprint density at radius 1 is 0.952 bits per heavy atom. The van der Waals surface area contributed by atoms with Gasteiger partial charge in [0.05, 0.1) is 5.02 Å². The lowest BCUT2D eigenvalue weighted by Gasteiger charge is -2.17. The Kier molecular flexibility index (Phi) is 5.26. The molecule has 1 unspecified atom stereocenters. The van der Waals surface area contributed by atoms with Crippen LogP contribution in [0.1, 0.15) is 11.1 Å². The van der Waals surface area contributed by atoms with Gasteiger partial charge in [0.25, 0.3) is 0 Å². The average Bonchev–Trinajstić information content (AvgIpc) is 2.41. The summed E-state index contributed by atoms with van der Waals surface area (Å²) in [6.45, 7) is 0. The Balaban J connectivity index is 2.10. The molecule has 0 saturated heterocycles. The van der Waals surface area contributed by atoms with Crippen molar-refractivity contribution in [2.75, 3.05) is 7.05 Å². The molecule has 2 rings (SSSR count). The molecule has 0 aliphatic carbocycles. The van der Waals surface area contributed by atoms with E-state index in [0.29, 0.717) is 18.4 Å². The molecule has 0 spiro atoms. The van der Waals surface area contributed by atoms with Gasteiger partial charge in [-0.05, 0) is 55.3 Å². The van der Waals surface area contributed by atoms with Crippen LogP contribution in [0, 0.1) is 17.5 Å². The van der Waals surface area contributed by atoms with Gasteiger partial charge in [-0.1, -0.05) is 17.7 Å². The third-order valence-corrected chi connectivity index (χ3v) is 3.59. The number of halogens is 4. The topological polar surface area (TPSA) is 12.0 Å². The van der Waals surface area contributed by atoms with Crippen LogP contribution in [0.15, 0.2) is 36.4 Å². The zero-order valence-electron chi connectivity index (χ0n) is 11.5. The Morgan fingerprint density at radius 3 is 2.14 bits per heavy atom. The highest BCUT2D eigenvalue weighted by atomic mass is 35.5. The van der Waals surface area contributed by atoms with Crippen LogP contribution in [0.5, 0.6) is 0 Å². The normalized spacial score (nSPS) is 12.4. The van der Waals surface area contributed by atoms with E-state index in [2.05, 4.69) is 5.32 Å². The van der Waals surface area contributed by atoms with Crippen molar-refractivity contribution >= 4 is 11.6 Å². The van der Waals surface area contributed by atoms with Gasteiger partial charge < -0.3 is 5.32 Å². The molecule has 0 heterocycles. The monoisotopic (exact) mass is 313 g/mol. The van der Waals surface area contributed by atoms with Crippen LogP contribution in [0.2, 0.25) is 5.02 Å². The van der Waals surface area contributed by atoms with Crippen molar-refractivity contribution in [3.8, 4) is 0 Å². The van der Waals surface area contributed by atoms with Gasteiger partial charge in [0.15, 0.2) is 0 Å². The lowest BCUT2D eigenvalue weighted by atomic mass is 9.99. The van der Waals surface area contributed by atoms with Gasteiger partial charge in [0.2, 0.25) is 0 Å². The molecule has 1 nitrogen and oxygen atoms in total. The summed E-state index contributed by atoms with van der Waals surface area (Å²) in [4.78, 5) is 0. The second kappa shape index (κ2) is 6.96. The van der Waals surface area contributed by atoms with E-state index in [9.17, 15) is 13.2 Å². The van der Waals surface area contributed by atoms with E-state index in [1.54, 1.807) is 13.1 Å². The van der Waals surface area contributed by atoms with Gasteiger partial charge in [-0.2, -0.15) is 0 Å². The Morgan fingerprint density at radius 2 is 1.57 bits per heavy atom. The van der Waals surface area contributed by atoms with Crippen molar-refractivity contribution in [3.05, 3.63) is 70.0 Å². The average molecular weight is 314 g/mol. The highest BCUT2D eigenvalue weighted by Gasteiger charge is 2.11. The first kappa shape index (κ1) is 15.9. The Bertz CT molecular complexity index is 611. The van der Waals surface area contributed by atoms with Gasteiger partial charge in [0.1, 0.15) is 17.5 Å². The molecule has 1 N–H and O–H groups in total. The molecule has 5 heteroatoms. The van der Waals surface area contributed by atoms with E-state index < -0.39 is 17.5 Å². The van der Waals surface area contributed by atoms with E-state index in [1.807, 2.05) is 0 Å². The second-order valence-corrected chi connectivity index (χ2v) is 5.33. The van der Waals surface area contributed by atoms with Crippen LogP contribution in [0.3, 0.4) is 0 Å².